The van der Waals surface area contributed by atoms with Crippen molar-refractivity contribution in [2.75, 3.05) is 5.32 Å². The molecule has 0 unspecified atom stereocenters. The fourth-order valence-electron chi connectivity index (χ4n) is 4.21. The Hall–Kier alpha value is -3.59. The summed E-state index contributed by atoms with van der Waals surface area (Å²) < 4.78 is 20.2. The summed E-state index contributed by atoms with van der Waals surface area (Å²) >= 11 is 0. The average molecular weight is 422 g/mol. The number of nitrogens with zero attached hydrogens (tertiary/aromatic N) is 3. The van der Waals surface area contributed by atoms with Gasteiger partial charge in [0.05, 0.1) is 16.9 Å². The Bertz CT molecular complexity index is 1170. The molecule has 2 aliphatic rings. The Balaban J connectivity index is 1.28. The molecule has 3 aromatic rings. The van der Waals surface area contributed by atoms with Gasteiger partial charge in [-0.15, -0.1) is 0 Å². The van der Waals surface area contributed by atoms with Crippen LogP contribution in [0.15, 0.2) is 54.9 Å². The number of halogens is 1. The average Bonchev–Trinajstić information content (AvgIpc) is 3.34. The van der Waals surface area contributed by atoms with Crippen molar-refractivity contribution in [2.45, 2.75) is 36.9 Å². The number of aliphatic hydroxyl groups is 1. The van der Waals surface area contributed by atoms with Gasteiger partial charge in [0.1, 0.15) is 11.4 Å². The largest absolute Gasteiger partial charge is 0.449 e. The molecule has 1 fully saturated rings. The minimum atomic E-state index is -1.62. The number of amides is 1. The maximum absolute atomic E-state index is 13.1. The second-order valence-electron chi connectivity index (χ2n) is 7.89. The van der Waals surface area contributed by atoms with Crippen LogP contribution in [0.4, 0.5) is 10.2 Å². The molecule has 5 rings (SSSR count). The molecule has 158 valence electrons. The SMILES string of the molecule is O=C1O[C@]2(CC[C@](O)(C(=O)Nc3ccn(-c4ccc(F)cc4)n3)CC2)c2ncccc21. The first-order chi connectivity index (χ1) is 14.9. The first-order valence-electron chi connectivity index (χ1n) is 9.93. The number of ether oxygens (including phenoxy) is 1. The molecule has 1 saturated carbocycles. The third-order valence-corrected chi connectivity index (χ3v) is 5.98. The minimum absolute atomic E-state index is 0.112. The smallest absolute Gasteiger partial charge is 0.341 e. The van der Waals surface area contributed by atoms with Gasteiger partial charge in [-0.25, -0.2) is 13.9 Å². The number of benzene rings is 1. The zero-order valence-corrected chi connectivity index (χ0v) is 16.4. The van der Waals surface area contributed by atoms with Crippen LogP contribution in [0, 0.1) is 5.82 Å². The predicted molar refractivity (Wildman–Crippen MR) is 107 cm³/mol. The Labute approximate surface area is 176 Å². The van der Waals surface area contributed by atoms with Gasteiger partial charge in [0.25, 0.3) is 5.91 Å². The molecular weight excluding hydrogens is 403 g/mol. The third kappa shape index (κ3) is 3.27. The molecule has 1 aromatic carbocycles. The van der Waals surface area contributed by atoms with Crippen LogP contribution in [-0.2, 0) is 15.1 Å². The Morgan fingerprint density at radius 1 is 1.13 bits per heavy atom. The lowest BCUT2D eigenvalue weighted by atomic mass is 9.74. The van der Waals surface area contributed by atoms with Crippen LogP contribution in [0.5, 0.6) is 0 Å². The molecule has 1 aliphatic heterocycles. The highest BCUT2D eigenvalue weighted by molar-refractivity contribution is 5.97. The van der Waals surface area contributed by atoms with E-state index in [-0.39, 0.29) is 37.3 Å². The summed E-state index contributed by atoms with van der Waals surface area (Å²) in [5.41, 5.74) is -0.877. The number of carbonyl (C=O) groups excluding carboxylic acids is 2. The van der Waals surface area contributed by atoms with Gasteiger partial charge in [-0.3, -0.25) is 9.78 Å². The Morgan fingerprint density at radius 3 is 2.61 bits per heavy atom. The summed E-state index contributed by atoms with van der Waals surface area (Å²) in [6, 6.07) is 10.7. The van der Waals surface area contributed by atoms with Gasteiger partial charge in [0, 0.05) is 18.5 Å². The molecule has 9 heteroatoms. The molecule has 1 aliphatic carbocycles. The fourth-order valence-corrected chi connectivity index (χ4v) is 4.21. The third-order valence-electron chi connectivity index (χ3n) is 5.98. The number of nitrogens with one attached hydrogen (secondary N) is 1. The Morgan fingerprint density at radius 2 is 1.87 bits per heavy atom. The van der Waals surface area contributed by atoms with E-state index >= 15 is 0 Å². The van der Waals surface area contributed by atoms with Crippen molar-refractivity contribution in [3.8, 4) is 5.69 Å². The summed E-state index contributed by atoms with van der Waals surface area (Å²) in [6.45, 7) is 0. The summed E-state index contributed by atoms with van der Waals surface area (Å²) in [4.78, 5) is 29.3. The maximum Gasteiger partial charge on any atom is 0.341 e. The molecule has 3 heterocycles. The fraction of sp³-hybridized carbons (Fsp3) is 0.273. The second kappa shape index (κ2) is 6.98. The van der Waals surface area contributed by atoms with E-state index in [1.807, 2.05) is 0 Å². The van der Waals surface area contributed by atoms with Crippen LogP contribution in [0.2, 0.25) is 0 Å². The molecule has 2 N–H and O–H groups in total. The van der Waals surface area contributed by atoms with Crippen LogP contribution in [0.25, 0.3) is 5.69 Å². The van der Waals surface area contributed by atoms with Gasteiger partial charge in [0.2, 0.25) is 0 Å². The van der Waals surface area contributed by atoms with Crippen LogP contribution in [0.3, 0.4) is 0 Å². The van der Waals surface area contributed by atoms with E-state index < -0.39 is 23.1 Å². The molecule has 0 saturated heterocycles. The van der Waals surface area contributed by atoms with E-state index in [1.165, 1.54) is 16.8 Å². The summed E-state index contributed by atoms with van der Waals surface area (Å²) in [5, 5.41) is 17.9. The second-order valence-corrected chi connectivity index (χ2v) is 7.89. The van der Waals surface area contributed by atoms with Gasteiger partial charge < -0.3 is 15.2 Å². The summed E-state index contributed by atoms with van der Waals surface area (Å²) in [6.07, 6.45) is 4.03. The standard InChI is InChI=1S/C22H19FN4O4/c23-14-3-5-15(6-4-14)27-13-7-17(26-27)25-20(29)21(30)8-10-22(11-9-21)18-16(19(28)31-22)2-1-12-24-18/h1-7,12-13,30H,8-11H2,(H,25,26,29)/t21-,22+. The van der Waals surface area contributed by atoms with Gasteiger partial charge in [-0.1, -0.05) is 0 Å². The van der Waals surface area contributed by atoms with E-state index in [9.17, 15) is 19.1 Å². The van der Waals surface area contributed by atoms with Crippen molar-refractivity contribution in [2.24, 2.45) is 0 Å². The molecule has 31 heavy (non-hydrogen) atoms. The highest BCUT2D eigenvalue weighted by atomic mass is 19.1. The minimum Gasteiger partial charge on any atom is -0.449 e. The maximum atomic E-state index is 13.1. The van der Waals surface area contributed by atoms with Crippen molar-refractivity contribution < 1.29 is 23.8 Å². The first kappa shape index (κ1) is 19.4. The summed E-state index contributed by atoms with van der Waals surface area (Å²) in [7, 11) is 0. The molecule has 2 aromatic heterocycles. The molecular formula is C22H19FN4O4. The number of fused-ring (bicyclic) bond motifs is 2. The molecule has 1 amide bonds. The quantitative estimate of drug-likeness (QED) is 0.629. The zero-order valence-electron chi connectivity index (χ0n) is 16.4. The normalized spacial score (nSPS) is 24.6. The molecule has 8 nitrogen and oxygen atoms in total. The zero-order chi connectivity index (χ0) is 21.6. The number of aromatic nitrogens is 3. The van der Waals surface area contributed by atoms with Crippen LogP contribution >= 0.6 is 0 Å². The van der Waals surface area contributed by atoms with Gasteiger partial charge in [-0.05, 0) is 62.1 Å². The van der Waals surface area contributed by atoms with Crippen LogP contribution < -0.4 is 5.32 Å². The monoisotopic (exact) mass is 422 g/mol. The number of pyridine rings is 1. The predicted octanol–water partition coefficient (Wildman–Crippen LogP) is 2.72. The summed E-state index contributed by atoms with van der Waals surface area (Å²) in [5.74, 6) is -1.09. The molecule has 0 radical (unpaired) electrons. The van der Waals surface area contributed by atoms with E-state index in [4.69, 9.17) is 4.74 Å². The van der Waals surface area contributed by atoms with Gasteiger partial charge in [0.15, 0.2) is 11.4 Å². The number of rotatable bonds is 3. The van der Waals surface area contributed by atoms with Crippen LogP contribution in [-0.4, -0.2) is 37.3 Å². The topological polar surface area (TPSA) is 106 Å². The number of hydrogen-bond acceptors (Lipinski definition) is 6. The highest BCUT2D eigenvalue weighted by Crippen LogP contribution is 2.48. The van der Waals surface area contributed by atoms with Gasteiger partial charge in [-0.2, -0.15) is 5.10 Å². The lowest BCUT2D eigenvalue weighted by molar-refractivity contribution is -0.144. The lowest BCUT2D eigenvalue weighted by Crippen LogP contribution is -2.49. The number of carbonyl (C=O) groups is 2. The van der Waals surface area contributed by atoms with E-state index in [0.717, 1.165) is 0 Å². The van der Waals surface area contributed by atoms with E-state index in [2.05, 4.69) is 15.4 Å². The van der Waals surface area contributed by atoms with Crippen molar-refractivity contribution in [3.05, 3.63) is 71.9 Å². The van der Waals surface area contributed by atoms with Crippen LogP contribution in [0.1, 0.15) is 41.7 Å². The number of esters is 1. The first-order valence-corrected chi connectivity index (χ1v) is 9.93. The molecule has 1 spiro atoms. The van der Waals surface area contributed by atoms with Crippen molar-refractivity contribution in [1.29, 1.82) is 0 Å². The van der Waals surface area contributed by atoms with E-state index in [0.29, 0.717) is 16.9 Å². The Kier molecular flexibility index (Phi) is 4.37. The van der Waals surface area contributed by atoms with Crippen molar-refractivity contribution in [3.63, 3.8) is 0 Å². The van der Waals surface area contributed by atoms with Crippen molar-refractivity contribution >= 4 is 17.7 Å². The molecule has 0 atom stereocenters. The van der Waals surface area contributed by atoms with Gasteiger partial charge >= 0.3 is 5.97 Å². The lowest BCUT2D eigenvalue weighted by Gasteiger charge is -2.39. The molecule has 0 bridgehead atoms. The highest BCUT2D eigenvalue weighted by Gasteiger charge is 2.53. The number of hydrogen-bond donors (Lipinski definition) is 2. The van der Waals surface area contributed by atoms with E-state index in [1.54, 1.807) is 42.7 Å². The number of anilines is 1. The van der Waals surface area contributed by atoms with Crippen molar-refractivity contribution in [1.82, 2.24) is 14.8 Å².